The van der Waals surface area contributed by atoms with Gasteiger partial charge in [0.25, 0.3) is 0 Å². The molecule has 0 bridgehead atoms. The second-order valence-corrected chi connectivity index (χ2v) is 6.86. The Kier molecular flexibility index (Phi) is 7.03. The van der Waals surface area contributed by atoms with E-state index in [9.17, 15) is 13.2 Å². The number of methoxy groups -OCH3 is 1. The SMILES string of the molecule is CCOc1ccc(C(=O)OCCOc2ccc(S(N)(=O)=O)cc2)cc1OC. The van der Waals surface area contributed by atoms with E-state index in [-0.39, 0.29) is 18.1 Å². The first-order valence-electron chi connectivity index (χ1n) is 8.08. The molecule has 146 valence electrons. The molecule has 2 rings (SSSR count). The Hall–Kier alpha value is -2.78. The van der Waals surface area contributed by atoms with Crippen molar-refractivity contribution in [3.63, 3.8) is 0 Å². The molecule has 8 nitrogen and oxygen atoms in total. The summed E-state index contributed by atoms with van der Waals surface area (Å²) < 4.78 is 43.5. The zero-order valence-corrected chi connectivity index (χ0v) is 15.8. The number of primary sulfonamides is 1. The lowest BCUT2D eigenvalue weighted by atomic mass is 10.2. The van der Waals surface area contributed by atoms with Gasteiger partial charge in [-0.05, 0) is 49.4 Å². The lowest BCUT2D eigenvalue weighted by molar-refractivity contribution is 0.0450. The Morgan fingerprint density at radius 1 is 1.00 bits per heavy atom. The smallest absolute Gasteiger partial charge is 0.338 e. The van der Waals surface area contributed by atoms with Crippen molar-refractivity contribution in [1.29, 1.82) is 0 Å². The fourth-order valence-electron chi connectivity index (χ4n) is 2.17. The summed E-state index contributed by atoms with van der Waals surface area (Å²) >= 11 is 0. The molecular formula is C18H21NO7S. The van der Waals surface area contributed by atoms with Crippen molar-refractivity contribution < 1.29 is 32.2 Å². The average molecular weight is 395 g/mol. The first kappa shape index (κ1) is 20.5. The third kappa shape index (κ3) is 5.87. The zero-order chi connectivity index (χ0) is 19.9. The summed E-state index contributed by atoms with van der Waals surface area (Å²) in [5.74, 6) is 0.894. The van der Waals surface area contributed by atoms with Crippen LogP contribution in [0.4, 0.5) is 0 Å². The van der Waals surface area contributed by atoms with Crippen LogP contribution in [0.5, 0.6) is 17.2 Å². The summed E-state index contributed by atoms with van der Waals surface area (Å²) in [5.41, 5.74) is 0.327. The molecule has 0 spiro atoms. The number of rotatable bonds is 9. The molecule has 0 heterocycles. The number of benzene rings is 2. The topological polar surface area (TPSA) is 114 Å². The Balaban J connectivity index is 1.85. The van der Waals surface area contributed by atoms with Crippen LogP contribution in [0.25, 0.3) is 0 Å². The van der Waals surface area contributed by atoms with Crippen LogP contribution < -0.4 is 19.3 Å². The predicted octanol–water partition coefficient (Wildman–Crippen LogP) is 1.98. The highest BCUT2D eigenvalue weighted by Gasteiger charge is 2.12. The molecule has 0 aliphatic heterocycles. The van der Waals surface area contributed by atoms with Crippen molar-refractivity contribution in [2.75, 3.05) is 26.9 Å². The van der Waals surface area contributed by atoms with Crippen LogP contribution in [0.1, 0.15) is 17.3 Å². The first-order valence-corrected chi connectivity index (χ1v) is 9.63. The summed E-state index contributed by atoms with van der Waals surface area (Å²) in [7, 11) is -2.26. The van der Waals surface area contributed by atoms with Gasteiger partial charge in [-0.15, -0.1) is 0 Å². The molecular weight excluding hydrogens is 374 g/mol. The lowest BCUT2D eigenvalue weighted by Crippen LogP contribution is -2.13. The molecule has 0 aromatic heterocycles. The van der Waals surface area contributed by atoms with Crippen LogP contribution in [0.15, 0.2) is 47.4 Å². The molecule has 0 aliphatic rings. The van der Waals surface area contributed by atoms with Gasteiger partial charge in [-0.2, -0.15) is 0 Å². The monoisotopic (exact) mass is 395 g/mol. The molecule has 0 unspecified atom stereocenters. The van der Waals surface area contributed by atoms with E-state index < -0.39 is 16.0 Å². The van der Waals surface area contributed by atoms with Crippen LogP contribution in [0, 0.1) is 0 Å². The van der Waals surface area contributed by atoms with Gasteiger partial charge >= 0.3 is 5.97 Å². The normalized spacial score (nSPS) is 10.9. The predicted molar refractivity (Wildman–Crippen MR) is 97.8 cm³/mol. The molecule has 9 heteroatoms. The molecule has 2 aromatic carbocycles. The fourth-order valence-corrected chi connectivity index (χ4v) is 2.69. The van der Waals surface area contributed by atoms with Gasteiger partial charge in [0, 0.05) is 0 Å². The van der Waals surface area contributed by atoms with Crippen molar-refractivity contribution in [2.24, 2.45) is 5.14 Å². The van der Waals surface area contributed by atoms with Crippen molar-refractivity contribution >= 4 is 16.0 Å². The van der Waals surface area contributed by atoms with Crippen molar-refractivity contribution in [1.82, 2.24) is 0 Å². The van der Waals surface area contributed by atoms with Crippen LogP contribution in [0.3, 0.4) is 0 Å². The van der Waals surface area contributed by atoms with Crippen molar-refractivity contribution in [2.45, 2.75) is 11.8 Å². The van der Waals surface area contributed by atoms with Gasteiger partial charge < -0.3 is 18.9 Å². The minimum absolute atomic E-state index is 0.00859. The third-order valence-electron chi connectivity index (χ3n) is 3.44. The number of ether oxygens (including phenoxy) is 4. The first-order chi connectivity index (χ1) is 12.8. The second-order valence-electron chi connectivity index (χ2n) is 5.30. The van der Waals surface area contributed by atoms with Crippen LogP contribution in [-0.2, 0) is 14.8 Å². The van der Waals surface area contributed by atoms with Gasteiger partial charge in [-0.1, -0.05) is 0 Å². The average Bonchev–Trinajstić information content (AvgIpc) is 2.65. The van der Waals surface area contributed by atoms with E-state index >= 15 is 0 Å². The van der Waals surface area contributed by atoms with Gasteiger partial charge in [0.1, 0.15) is 19.0 Å². The van der Waals surface area contributed by atoms with Gasteiger partial charge in [0.15, 0.2) is 11.5 Å². The molecule has 0 aliphatic carbocycles. The molecule has 2 aromatic rings. The minimum atomic E-state index is -3.74. The van der Waals surface area contributed by atoms with Gasteiger partial charge in [0.2, 0.25) is 10.0 Å². The summed E-state index contributed by atoms with van der Waals surface area (Å²) in [6, 6.07) is 10.4. The number of carbonyl (C=O) groups excluding carboxylic acids is 1. The van der Waals surface area contributed by atoms with Crippen molar-refractivity contribution in [3.05, 3.63) is 48.0 Å². The molecule has 0 saturated heterocycles. The van der Waals surface area contributed by atoms with E-state index in [0.717, 1.165) is 0 Å². The van der Waals surface area contributed by atoms with E-state index in [0.29, 0.717) is 29.4 Å². The Bertz CT molecular complexity index is 879. The zero-order valence-electron chi connectivity index (χ0n) is 15.0. The van der Waals surface area contributed by atoms with E-state index in [1.54, 1.807) is 18.2 Å². The Morgan fingerprint density at radius 2 is 1.70 bits per heavy atom. The number of hydrogen-bond donors (Lipinski definition) is 1. The maximum Gasteiger partial charge on any atom is 0.338 e. The van der Waals surface area contributed by atoms with Crippen LogP contribution in [0.2, 0.25) is 0 Å². The number of sulfonamides is 1. The molecule has 0 radical (unpaired) electrons. The van der Waals surface area contributed by atoms with Gasteiger partial charge in [-0.25, -0.2) is 18.4 Å². The van der Waals surface area contributed by atoms with Gasteiger partial charge in [0.05, 0.1) is 24.2 Å². The van der Waals surface area contributed by atoms with Gasteiger partial charge in [-0.3, -0.25) is 0 Å². The highest BCUT2D eigenvalue weighted by molar-refractivity contribution is 7.89. The van der Waals surface area contributed by atoms with Crippen LogP contribution in [-0.4, -0.2) is 41.3 Å². The van der Waals surface area contributed by atoms with E-state index in [1.807, 2.05) is 6.92 Å². The largest absolute Gasteiger partial charge is 0.493 e. The standard InChI is InChI=1S/C18H21NO7S/c1-3-24-16-9-4-13(12-17(16)23-2)18(20)26-11-10-25-14-5-7-15(8-6-14)27(19,21)22/h4-9,12H,3,10-11H2,1-2H3,(H2,19,21,22). The number of esters is 1. The highest BCUT2D eigenvalue weighted by atomic mass is 32.2. The lowest BCUT2D eigenvalue weighted by Gasteiger charge is -2.11. The molecule has 0 atom stereocenters. The molecule has 27 heavy (non-hydrogen) atoms. The van der Waals surface area contributed by atoms with E-state index in [2.05, 4.69) is 0 Å². The maximum atomic E-state index is 12.1. The van der Waals surface area contributed by atoms with E-state index in [4.69, 9.17) is 24.1 Å². The van der Waals surface area contributed by atoms with Crippen LogP contribution >= 0.6 is 0 Å². The highest BCUT2D eigenvalue weighted by Crippen LogP contribution is 2.28. The van der Waals surface area contributed by atoms with E-state index in [1.165, 1.54) is 31.4 Å². The number of nitrogens with two attached hydrogens (primary N) is 1. The Morgan fingerprint density at radius 3 is 2.30 bits per heavy atom. The summed E-state index contributed by atoms with van der Waals surface area (Å²) in [5, 5.41) is 5.02. The summed E-state index contributed by atoms with van der Waals surface area (Å²) in [6.45, 7) is 2.46. The number of carbonyl (C=O) groups is 1. The molecule has 2 N–H and O–H groups in total. The summed E-state index contributed by atoms with van der Waals surface area (Å²) in [6.07, 6.45) is 0. The molecule has 0 fully saturated rings. The minimum Gasteiger partial charge on any atom is -0.493 e. The third-order valence-corrected chi connectivity index (χ3v) is 4.37. The quantitative estimate of drug-likeness (QED) is 0.510. The van der Waals surface area contributed by atoms with Crippen molar-refractivity contribution in [3.8, 4) is 17.2 Å². The molecule has 0 saturated carbocycles. The molecule has 0 amide bonds. The summed E-state index contributed by atoms with van der Waals surface area (Å²) in [4.78, 5) is 12.1. The Labute approximate surface area is 157 Å². The second kappa shape index (κ2) is 9.24. The maximum absolute atomic E-state index is 12.1. The fraction of sp³-hybridized carbons (Fsp3) is 0.278. The number of hydrogen-bond acceptors (Lipinski definition) is 7.